The van der Waals surface area contributed by atoms with Crippen molar-refractivity contribution in [3.63, 3.8) is 0 Å². The zero-order valence-corrected chi connectivity index (χ0v) is 17.3. The van der Waals surface area contributed by atoms with Crippen LogP contribution in [-0.2, 0) is 4.74 Å². The van der Waals surface area contributed by atoms with E-state index in [1.54, 1.807) is 24.3 Å². The van der Waals surface area contributed by atoms with Crippen molar-refractivity contribution >= 4 is 34.3 Å². The fraction of sp³-hybridized carbons (Fsp3) is 0.130. The second-order valence-corrected chi connectivity index (χ2v) is 7.68. The first-order valence-electron chi connectivity index (χ1n) is 8.58. The Hall–Kier alpha value is -2.47. The number of carbonyl (C=O) groups is 2. The molecular formula is C23H19IO3. The lowest BCUT2D eigenvalue weighted by atomic mass is 9.98. The van der Waals surface area contributed by atoms with E-state index in [1.165, 1.54) is 0 Å². The van der Waals surface area contributed by atoms with Crippen LogP contribution in [0.4, 0.5) is 0 Å². The molecule has 0 amide bonds. The van der Waals surface area contributed by atoms with Gasteiger partial charge in [0.05, 0.1) is 5.56 Å². The van der Waals surface area contributed by atoms with Crippen molar-refractivity contribution in [1.82, 2.24) is 0 Å². The van der Waals surface area contributed by atoms with Crippen molar-refractivity contribution in [2.75, 3.05) is 0 Å². The van der Waals surface area contributed by atoms with Gasteiger partial charge in [-0.25, -0.2) is 4.79 Å². The maximum Gasteiger partial charge on any atom is 0.339 e. The Morgan fingerprint density at radius 1 is 0.741 bits per heavy atom. The first kappa shape index (κ1) is 19.3. The zero-order valence-electron chi connectivity index (χ0n) is 15.1. The number of benzene rings is 3. The van der Waals surface area contributed by atoms with Crippen LogP contribution in [0.15, 0.2) is 72.8 Å². The molecule has 0 fully saturated rings. The lowest BCUT2D eigenvalue weighted by molar-refractivity contribution is 0.0280. The van der Waals surface area contributed by atoms with Gasteiger partial charge in [-0.2, -0.15) is 0 Å². The van der Waals surface area contributed by atoms with Gasteiger partial charge in [-0.1, -0.05) is 59.7 Å². The fourth-order valence-electron chi connectivity index (χ4n) is 2.64. The third-order valence-electron chi connectivity index (χ3n) is 4.26. The SMILES string of the molecule is Cc1ccc(C(=O)[C@H](OC(=O)c2ccc(I)cc2)c2ccc(C)cc2)cc1. The topological polar surface area (TPSA) is 43.4 Å². The second kappa shape index (κ2) is 8.48. The third-order valence-corrected chi connectivity index (χ3v) is 4.98. The monoisotopic (exact) mass is 470 g/mol. The van der Waals surface area contributed by atoms with E-state index in [9.17, 15) is 9.59 Å². The molecular weight excluding hydrogens is 451 g/mol. The molecule has 0 saturated heterocycles. The average molecular weight is 470 g/mol. The molecule has 0 unspecified atom stereocenters. The molecule has 0 heterocycles. The van der Waals surface area contributed by atoms with Gasteiger partial charge in [-0.05, 0) is 60.7 Å². The van der Waals surface area contributed by atoms with Crippen molar-refractivity contribution in [2.24, 2.45) is 0 Å². The van der Waals surface area contributed by atoms with Gasteiger partial charge in [0.1, 0.15) is 0 Å². The minimum Gasteiger partial charge on any atom is -0.445 e. The molecule has 3 rings (SSSR count). The lowest BCUT2D eigenvalue weighted by Crippen LogP contribution is -2.20. The molecule has 0 aliphatic heterocycles. The molecule has 0 spiro atoms. The Morgan fingerprint density at radius 3 is 1.78 bits per heavy atom. The van der Waals surface area contributed by atoms with Crippen LogP contribution in [0.5, 0.6) is 0 Å². The lowest BCUT2D eigenvalue weighted by Gasteiger charge is -2.18. The average Bonchev–Trinajstić information content (AvgIpc) is 2.67. The molecule has 0 aliphatic rings. The normalized spacial score (nSPS) is 11.7. The van der Waals surface area contributed by atoms with Crippen molar-refractivity contribution in [3.05, 3.63) is 104 Å². The molecule has 3 aromatic rings. The predicted molar refractivity (Wildman–Crippen MR) is 114 cm³/mol. The van der Waals surface area contributed by atoms with E-state index < -0.39 is 12.1 Å². The molecule has 3 aromatic carbocycles. The second-order valence-electron chi connectivity index (χ2n) is 6.43. The number of hydrogen-bond acceptors (Lipinski definition) is 3. The van der Waals surface area contributed by atoms with E-state index in [1.807, 2.05) is 62.4 Å². The standard InChI is InChI=1S/C23H19IO3/c1-15-3-7-17(8-4-15)21(25)22(18-9-5-16(2)6-10-18)27-23(26)19-11-13-20(24)14-12-19/h3-14,22H,1-2H3/t22-/m1/s1. The highest BCUT2D eigenvalue weighted by molar-refractivity contribution is 14.1. The Labute approximate surface area is 172 Å². The van der Waals surface area contributed by atoms with Crippen molar-refractivity contribution in [1.29, 1.82) is 0 Å². The van der Waals surface area contributed by atoms with Crippen molar-refractivity contribution in [2.45, 2.75) is 20.0 Å². The summed E-state index contributed by atoms with van der Waals surface area (Å²) in [6.45, 7) is 3.93. The van der Waals surface area contributed by atoms with Crippen LogP contribution >= 0.6 is 22.6 Å². The predicted octanol–water partition coefficient (Wildman–Crippen LogP) is 5.69. The van der Waals surface area contributed by atoms with Gasteiger partial charge in [0.15, 0.2) is 6.10 Å². The smallest absolute Gasteiger partial charge is 0.339 e. The van der Waals surface area contributed by atoms with Gasteiger partial charge < -0.3 is 4.74 Å². The Kier molecular flexibility index (Phi) is 6.06. The molecule has 0 aromatic heterocycles. The van der Waals surface area contributed by atoms with Crippen molar-refractivity contribution < 1.29 is 14.3 Å². The summed E-state index contributed by atoms with van der Waals surface area (Å²) in [5, 5.41) is 0. The summed E-state index contributed by atoms with van der Waals surface area (Å²) in [5.41, 5.74) is 3.73. The van der Waals surface area contributed by atoms with Gasteiger partial charge in [0, 0.05) is 14.7 Å². The molecule has 0 radical (unpaired) electrons. The van der Waals surface area contributed by atoms with Crippen LogP contribution in [0.1, 0.15) is 43.5 Å². The number of ether oxygens (including phenoxy) is 1. The van der Waals surface area contributed by atoms with Crippen LogP contribution < -0.4 is 0 Å². The highest BCUT2D eigenvalue weighted by Crippen LogP contribution is 2.25. The largest absolute Gasteiger partial charge is 0.445 e. The van der Waals surface area contributed by atoms with Gasteiger partial charge in [-0.15, -0.1) is 0 Å². The van der Waals surface area contributed by atoms with Crippen molar-refractivity contribution in [3.8, 4) is 0 Å². The van der Waals surface area contributed by atoms with E-state index in [0.717, 1.165) is 14.7 Å². The molecule has 1 atom stereocenters. The molecule has 136 valence electrons. The van der Waals surface area contributed by atoms with E-state index in [4.69, 9.17) is 4.74 Å². The number of hydrogen-bond donors (Lipinski definition) is 0. The minimum absolute atomic E-state index is 0.238. The summed E-state index contributed by atoms with van der Waals surface area (Å²) in [4.78, 5) is 25.7. The summed E-state index contributed by atoms with van der Waals surface area (Å²) in [6, 6.07) is 21.8. The van der Waals surface area contributed by atoms with E-state index in [2.05, 4.69) is 22.6 Å². The number of aryl methyl sites for hydroxylation is 2. The Balaban J connectivity index is 1.93. The van der Waals surface area contributed by atoms with Crippen LogP contribution in [0.3, 0.4) is 0 Å². The maximum atomic E-state index is 13.1. The summed E-state index contributed by atoms with van der Waals surface area (Å²) in [7, 11) is 0. The van der Waals surface area contributed by atoms with Gasteiger partial charge in [-0.3, -0.25) is 4.79 Å². The van der Waals surface area contributed by atoms with Crippen LogP contribution in [0, 0.1) is 17.4 Å². The first-order chi connectivity index (χ1) is 12.9. The first-order valence-corrected chi connectivity index (χ1v) is 9.66. The Bertz CT molecular complexity index is 942. The van der Waals surface area contributed by atoms with Gasteiger partial charge >= 0.3 is 5.97 Å². The zero-order chi connectivity index (χ0) is 19.4. The highest BCUT2D eigenvalue weighted by atomic mass is 127. The third kappa shape index (κ3) is 4.83. The number of esters is 1. The summed E-state index contributed by atoms with van der Waals surface area (Å²) in [6.07, 6.45) is -0.986. The van der Waals surface area contributed by atoms with Gasteiger partial charge in [0.2, 0.25) is 5.78 Å². The quantitative estimate of drug-likeness (QED) is 0.274. The fourth-order valence-corrected chi connectivity index (χ4v) is 3.00. The van der Waals surface area contributed by atoms with E-state index in [0.29, 0.717) is 16.7 Å². The number of halogens is 1. The molecule has 0 bridgehead atoms. The molecule has 0 aliphatic carbocycles. The number of Topliss-reactive ketones (excluding diaryl/α,β-unsaturated/α-hetero) is 1. The summed E-state index contributed by atoms with van der Waals surface area (Å²) in [5.74, 6) is -0.754. The highest BCUT2D eigenvalue weighted by Gasteiger charge is 2.26. The van der Waals surface area contributed by atoms with Crippen LogP contribution in [0.2, 0.25) is 0 Å². The van der Waals surface area contributed by atoms with E-state index >= 15 is 0 Å². The number of carbonyl (C=O) groups excluding carboxylic acids is 2. The van der Waals surface area contributed by atoms with Gasteiger partial charge in [0.25, 0.3) is 0 Å². The van der Waals surface area contributed by atoms with Crippen LogP contribution in [-0.4, -0.2) is 11.8 Å². The number of ketones is 1. The Morgan fingerprint density at radius 2 is 1.22 bits per heavy atom. The summed E-state index contributed by atoms with van der Waals surface area (Å²) >= 11 is 2.17. The molecule has 27 heavy (non-hydrogen) atoms. The molecule has 0 N–H and O–H groups in total. The van der Waals surface area contributed by atoms with E-state index in [-0.39, 0.29) is 5.78 Å². The molecule has 3 nitrogen and oxygen atoms in total. The number of rotatable bonds is 5. The molecule has 4 heteroatoms. The maximum absolute atomic E-state index is 13.1. The molecule has 0 saturated carbocycles. The summed E-state index contributed by atoms with van der Waals surface area (Å²) < 4.78 is 6.68. The van der Waals surface area contributed by atoms with Crippen LogP contribution in [0.25, 0.3) is 0 Å². The minimum atomic E-state index is -0.986.